The van der Waals surface area contributed by atoms with Gasteiger partial charge in [0, 0.05) is 48.2 Å². The number of rotatable bonds is 7. The Bertz CT molecular complexity index is 2990. The molecule has 0 bridgehead atoms. The van der Waals surface area contributed by atoms with E-state index in [4.69, 9.17) is 25.7 Å². The Hall–Kier alpha value is -4.65. The number of anilines is 5. The normalized spacial score (nSPS) is 19.9. The highest BCUT2D eigenvalue weighted by Crippen LogP contribution is 2.41. The standard InChI is InChI=1S/C23H29BrN6O4S.C18H19BrFN5O3S/c1-13-11-29(6-8-33-13)17-10-16(24)4-5-18(17)35(31,32)21-19-20(28-22(21)25)23(27-15(3)26-19)30-7-9-34-14(2)12-30;1-9-8-25(5-6-28-9)18-15-14(22-10(2)23-18)16(17(21)24-15)29(26,27)13-4-3-11(19)7-12(13)20/h4-5,10,13-14,28H,6-9,11-12,25H2,1-3H3;3-4,7,9,24H,5-6,8,21H2,1-2H3/t13-,14-;9-/m00/s1. The number of H-pyrrole nitrogens is 2. The zero-order chi connectivity index (χ0) is 45.8. The molecule has 3 atom stereocenters. The summed E-state index contributed by atoms with van der Waals surface area (Å²) in [5, 5.41) is 0. The zero-order valence-corrected chi connectivity index (χ0v) is 40.5. The lowest BCUT2D eigenvalue weighted by Crippen LogP contribution is -2.41. The number of sulfone groups is 2. The Morgan fingerprint density at radius 1 is 0.641 bits per heavy atom. The summed E-state index contributed by atoms with van der Waals surface area (Å²) in [6.07, 6.45) is 0.0255. The topological polar surface area (TPSA) is 241 Å². The second-order valence-electron chi connectivity index (χ2n) is 15.9. The fourth-order valence-electron chi connectivity index (χ4n) is 8.25. The van der Waals surface area contributed by atoms with E-state index < -0.39 is 30.4 Å². The molecule has 0 radical (unpaired) electrons. The van der Waals surface area contributed by atoms with Crippen LogP contribution in [0.15, 0.2) is 64.9 Å². The van der Waals surface area contributed by atoms with Gasteiger partial charge in [0.15, 0.2) is 11.6 Å². The van der Waals surface area contributed by atoms with Crippen LogP contribution in [0.3, 0.4) is 0 Å². The lowest BCUT2D eigenvalue weighted by molar-refractivity contribution is 0.0528. The number of benzene rings is 2. The molecule has 0 aliphatic carbocycles. The van der Waals surface area contributed by atoms with E-state index >= 15 is 0 Å². The summed E-state index contributed by atoms with van der Waals surface area (Å²) in [6, 6.07) is 8.93. The minimum absolute atomic E-state index is 0.00134. The molecule has 342 valence electrons. The van der Waals surface area contributed by atoms with Crippen molar-refractivity contribution in [1.29, 1.82) is 0 Å². The van der Waals surface area contributed by atoms with E-state index in [1.165, 1.54) is 12.1 Å². The van der Waals surface area contributed by atoms with Crippen LogP contribution in [-0.4, -0.2) is 124 Å². The van der Waals surface area contributed by atoms with Gasteiger partial charge in [-0.15, -0.1) is 0 Å². The molecule has 0 saturated carbocycles. The van der Waals surface area contributed by atoms with Gasteiger partial charge >= 0.3 is 0 Å². The smallest absolute Gasteiger partial charge is 0.215 e. The molecule has 4 aromatic heterocycles. The molecule has 64 heavy (non-hydrogen) atoms. The SMILES string of the molecule is Cc1nc(N2CCO[C@@H](C)C2)c2[nH]c(N)c(S(=O)(=O)c3ccc(Br)cc3F)c2n1.Cc1nc(N2CCO[C@@H](C)C2)c2[nH]c(N)c(S(=O)(=O)c3ccc(Br)cc3N3CCO[C@@H](C)C3)c2n1. The number of nitrogens with zero attached hydrogens (tertiary/aromatic N) is 7. The van der Waals surface area contributed by atoms with Crippen molar-refractivity contribution in [3.05, 3.63) is 62.8 Å². The lowest BCUT2D eigenvalue weighted by atomic mass is 10.2. The summed E-state index contributed by atoms with van der Waals surface area (Å²) < 4.78 is 87.4. The van der Waals surface area contributed by atoms with Gasteiger partial charge in [-0.3, -0.25) is 0 Å². The molecule has 6 aromatic rings. The van der Waals surface area contributed by atoms with Crippen LogP contribution in [0.2, 0.25) is 0 Å². The monoisotopic (exact) mass is 1050 g/mol. The first-order chi connectivity index (χ1) is 30.3. The number of nitrogen functional groups attached to an aromatic ring is 2. The number of hydrogen-bond acceptors (Lipinski definition) is 16. The van der Waals surface area contributed by atoms with Crippen LogP contribution in [0.1, 0.15) is 32.4 Å². The highest BCUT2D eigenvalue weighted by molar-refractivity contribution is 9.10. The van der Waals surface area contributed by atoms with Crippen molar-refractivity contribution in [1.82, 2.24) is 29.9 Å². The van der Waals surface area contributed by atoms with Crippen molar-refractivity contribution >= 4 is 103 Å². The van der Waals surface area contributed by atoms with E-state index in [9.17, 15) is 21.2 Å². The summed E-state index contributed by atoms with van der Waals surface area (Å²) in [5.41, 5.74) is 14.4. The van der Waals surface area contributed by atoms with Crippen LogP contribution in [0.5, 0.6) is 0 Å². The van der Waals surface area contributed by atoms with Gasteiger partial charge in [0.05, 0.1) is 48.7 Å². The maximum atomic E-state index is 14.4. The number of hydrogen-bond donors (Lipinski definition) is 4. The minimum Gasteiger partial charge on any atom is -0.384 e. The number of ether oxygens (including phenoxy) is 3. The summed E-state index contributed by atoms with van der Waals surface area (Å²) in [6.45, 7) is 14.6. The molecule has 3 aliphatic heterocycles. The van der Waals surface area contributed by atoms with E-state index in [0.29, 0.717) is 109 Å². The van der Waals surface area contributed by atoms with E-state index in [0.717, 1.165) is 10.5 Å². The average molecular weight is 1050 g/mol. The summed E-state index contributed by atoms with van der Waals surface area (Å²) in [7, 11) is -8.30. The van der Waals surface area contributed by atoms with Crippen LogP contribution in [0.4, 0.5) is 33.3 Å². The van der Waals surface area contributed by atoms with Crippen molar-refractivity contribution in [2.45, 2.75) is 72.5 Å². The van der Waals surface area contributed by atoms with E-state index in [-0.39, 0.29) is 50.2 Å². The molecule has 0 spiro atoms. The molecule has 2 aromatic carbocycles. The number of halogens is 3. The first-order valence-electron chi connectivity index (χ1n) is 20.5. The average Bonchev–Trinajstić information content (AvgIpc) is 3.75. The minimum atomic E-state index is -4.26. The lowest BCUT2D eigenvalue weighted by Gasteiger charge is -2.34. The number of nitrogens with two attached hydrogens (primary N) is 2. The number of aromatic nitrogens is 6. The molecule has 0 amide bonds. The second kappa shape index (κ2) is 18.0. The van der Waals surface area contributed by atoms with E-state index in [1.807, 2.05) is 36.6 Å². The number of morpholine rings is 3. The highest BCUT2D eigenvalue weighted by atomic mass is 79.9. The Morgan fingerprint density at radius 3 is 1.50 bits per heavy atom. The molecule has 3 saturated heterocycles. The van der Waals surface area contributed by atoms with Crippen LogP contribution >= 0.6 is 31.9 Å². The molecule has 7 heterocycles. The Kier molecular flexibility index (Phi) is 12.9. The molecular weight excluding hydrogens is 1000 g/mol. The highest BCUT2D eigenvalue weighted by Gasteiger charge is 2.35. The first-order valence-corrected chi connectivity index (χ1v) is 25.0. The van der Waals surface area contributed by atoms with Gasteiger partial charge in [0.1, 0.15) is 65.9 Å². The predicted octanol–water partition coefficient (Wildman–Crippen LogP) is 5.70. The van der Waals surface area contributed by atoms with Crippen LogP contribution in [0.25, 0.3) is 22.1 Å². The van der Waals surface area contributed by atoms with Crippen molar-refractivity contribution < 1.29 is 35.4 Å². The Morgan fingerprint density at radius 2 is 1.05 bits per heavy atom. The summed E-state index contributed by atoms with van der Waals surface area (Å²) >= 11 is 6.63. The van der Waals surface area contributed by atoms with Gasteiger partial charge < -0.3 is 50.3 Å². The third-order valence-electron chi connectivity index (χ3n) is 11.0. The zero-order valence-electron chi connectivity index (χ0n) is 35.7. The maximum Gasteiger partial charge on any atom is 0.215 e. The van der Waals surface area contributed by atoms with Gasteiger partial charge in [0.25, 0.3) is 0 Å². The predicted molar refractivity (Wildman–Crippen MR) is 248 cm³/mol. The number of aromatic amines is 2. The molecule has 18 nitrogen and oxygen atoms in total. The van der Waals surface area contributed by atoms with Crippen LogP contribution < -0.4 is 26.2 Å². The number of fused-ring (bicyclic) bond motifs is 2. The van der Waals surface area contributed by atoms with E-state index in [1.54, 1.807) is 26.0 Å². The van der Waals surface area contributed by atoms with Gasteiger partial charge in [0.2, 0.25) is 19.7 Å². The molecule has 3 fully saturated rings. The quantitative estimate of drug-likeness (QED) is 0.150. The molecule has 9 rings (SSSR count). The second-order valence-corrected chi connectivity index (χ2v) is 21.5. The van der Waals surface area contributed by atoms with Crippen LogP contribution in [0, 0.1) is 19.7 Å². The van der Waals surface area contributed by atoms with Crippen molar-refractivity contribution in [3.63, 3.8) is 0 Å². The van der Waals surface area contributed by atoms with Gasteiger partial charge in [-0.25, -0.2) is 41.2 Å². The van der Waals surface area contributed by atoms with E-state index in [2.05, 4.69) is 66.7 Å². The van der Waals surface area contributed by atoms with Gasteiger partial charge in [-0.1, -0.05) is 31.9 Å². The van der Waals surface area contributed by atoms with Crippen LogP contribution in [-0.2, 0) is 33.9 Å². The largest absolute Gasteiger partial charge is 0.384 e. The molecule has 3 aliphatic rings. The summed E-state index contributed by atoms with van der Waals surface area (Å²) in [4.78, 5) is 29.5. The Labute approximate surface area is 386 Å². The molecular formula is C41H48Br2FN11O7S2. The van der Waals surface area contributed by atoms with Crippen molar-refractivity contribution in [2.24, 2.45) is 0 Å². The fourth-order valence-corrected chi connectivity index (χ4v) is 12.1. The van der Waals surface area contributed by atoms with Crippen molar-refractivity contribution in [3.8, 4) is 0 Å². The molecule has 23 heteroatoms. The third kappa shape index (κ3) is 8.86. The number of aryl methyl sites for hydroxylation is 2. The maximum absolute atomic E-state index is 14.4. The fraction of sp³-hybridized carbons (Fsp3) is 0.415. The number of nitrogens with one attached hydrogen (secondary N) is 2. The van der Waals surface area contributed by atoms with Gasteiger partial charge in [-0.2, -0.15) is 0 Å². The molecule has 0 unspecified atom stereocenters. The van der Waals surface area contributed by atoms with Crippen molar-refractivity contribution in [2.75, 3.05) is 85.3 Å². The third-order valence-corrected chi connectivity index (χ3v) is 15.8. The summed E-state index contributed by atoms with van der Waals surface area (Å²) in [5.74, 6) is 1.11. The van der Waals surface area contributed by atoms with Gasteiger partial charge in [-0.05, 0) is 71.0 Å². The molecule has 6 N–H and O–H groups in total. The Balaban J connectivity index is 0.000000178. The first kappa shape index (κ1) is 45.9.